The van der Waals surface area contributed by atoms with Crippen LogP contribution in [0.4, 0.5) is 16.3 Å². The van der Waals surface area contributed by atoms with Crippen molar-refractivity contribution in [3.8, 4) is 0 Å². The molecule has 1 amide bonds. The van der Waals surface area contributed by atoms with E-state index in [-0.39, 0.29) is 12.5 Å². The minimum Gasteiger partial charge on any atom is -0.481 e. The fourth-order valence-corrected chi connectivity index (χ4v) is 3.03. The summed E-state index contributed by atoms with van der Waals surface area (Å²) in [7, 11) is 0. The molecule has 138 valence electrons. The standard InChI is InChI=1S/C18H27N3O4/c1-12(2)25-18(24)21-15-8-14(9-16(22)23)17(20-11-15)19-10-13-6-4-3-5-7-13/h8,11-13H,3-7,9-10H2,1-2H3,(H,19,20)(H,21,24)(H,22,23). The molecule has 0 bridgehead atoms. The number of aromatic nitrogens is 1. The van der Waals surface area contributed by atoms with Crippen LogP contribution in [0.25, 0.3) is 0 Å². The molecule has 0 spiro atoms. The van der Waals surface area contributed by atoms with Crippen LogP contribution < -0.4 is 10.6 Å². The zero-order valence-electron chi connectivity index (χ0n) is 14.9. The number of hydrogen-bond acceptors (Lipinski definition) is 5. The minimum absolute atomic E-state index is 0.158. The van der Waals surface area contributed by atoms with Crippen molar-refractivity contribution in [2.75, 3.05) is 17.2 Å². The zero-order valence-corrected chi connectivity index (χ0v) is 14.9. The lowest BCUT2D eigenvalue weighted by molar-refractivity contribution is -0.136. The lowest BCUT2D eigenvalue weighted by Crippen LogP contribution is -2.20. The van der Waals surface area contributed by atoms with E-state index in [2.05, 4.69) is 15.6 Å². The zero-order chi connectivity index (χ0) is 18.2. The van der Waals surface area contributed by atoms with Gasteiger partial charge in [-0.25, -0.2) is 9.78 Å². The summed E-state index contributed by atoms with van der Waals surface area (Å²) in [5, 5.41) is 15.0. The number of rotatable bonds is 7. The van der Waals surface area contributed by atoms with Crippen LogP contribution in [0.15, 0.2) is 12.3 Å². The summed E-state index contributed by atoms with van der Waals surface area (Å²) in [6, 6.07) is 1.63. The molecule has 0 aromatic carbocycles. The fraction of sp³-hybridized carbons (Fsp3) is 0.611. The number of carbonyl (C=O) groups is 2. The molecule has 1 fully saturated rings. The summed E-state index contributed by atoms with van der Waals surface area (Å²) in [4.78, 5) is 27.1. The van der Waals surface area contributed by atoms with Crippen molar-refractivity contribution in [1.29, 1.82) is 0 Å². The third-order valence-electron chi connectivity index (χ3n) is 4.18. The molecule has 0 atom stereocenters. The number of ether oxygens (including phenoxy) is 1. The lowest BCUT2D eigenvalue weighted by atomic mass is 9.89. The lowest BCUT2D eigenvalue weighted by Gasteiger charge is -2.22. The van der Waals surface area contributed by atoms with Crippen molar-refractivity contribution >= 4 is 23.6 Å². The molecule has 1 saturated carbocycles. The average Bonchev–Trinajstić information content (AvgIpc) is 2.53. The van der Waals surface area contributed by atoms with Crippen molar-refractivity contribution in [2.24, 2.45) is 5.92 Å². The van der Waals surface area contributed by atoms with Gasteiger partial charge in [0.2, 0.25) is 0 Å². The van der Waals surface area contributed by atoms with Crippen LogP contribution in [0, 0.1) is 5.92 Å². The van der Waals surface area contributed by atoms with Crippen LogP contribution in [0.1, 0.15) is 51.5 Å². The van der Waals surface area contributed by atoms with E-state index in [0.29, 0.717) is 23.0 Å². The van der Waals surface area contributed by atoms with Gasteiger partial charge < -0.3 is 15.2 Å². The number of carboxylic acid groups (broad SMARTS) is 1. The van der Waals surface area contributed by atoms with E-state index < -0.39 is 12.1 Å². The van der Waals surface area contributed by atoms with Gasteiger partial charge in [-0.05, 0) is 38.7 Å². The van der Waals surface area contributed by atoms with E-state index in [0.717, 1.165) is 6.54 Å². The first kappa shape index (κ1) is 19.0. The monoisotopic (exact) mass is 349 g/mol. The molecule has 7 heteroatoms. The Morgan fingerprint density at radius 3 is 2.68 bits per heavy atom. The van der Waals surface area contributed by atoms with Gasteiger partial charge in [-0.1, -0.05) is 19.3 Å². The summed E-state index contributed by atoms with van der Waals surface area (Å²) in [6.45, 7) is 4.31. The van der Waals surface area contributed by atoms with Gasteiger partial charge in [-0.15, -0.1) is 0 Å². The van der Waals surface area contributed by atoms with Crippen molar-refractivity contribution in [3.63, 3.8) is 0 Å². The van der Waals surface area contributed by atoms with Crippen molar-refractivity contribution in [3.05, 3.63) is 17.8 Å². The predicted octanol–water partition coefficient (Wildman–Crippen LogP) is 3.66. The second-order valence-corrected chi connectivity index (χ2v) is 6.77. The molecule has 1 aliphatic carbocycles. The highest BCUT2D eigenvalue weighted by Crippen LogP contribution is 2.25. The molecule has 0 aliphatic heterocycles. The predicted molar refractivity (Wildman–Crippen MR) is 95.9 cm³/mol. The quantitative estimate of drug-likeness (QED) is 0.694. The smallest absolute Gasteiger partial charge is 0.411 e. The van der Waals surface area contributed by atoms with Gasteiger partial charge >= 0.3 is 12.1 Å². The molecule has 3 N–H and O–H groups in total. The maximum Gasteiger partial charge on any atom is 0.411 e. The second kappa shape index (κ2) is 9.25. The van der Waals surface area contributed by atoms with Crippen LogP contribution in [-0.4, -0.2) is 34.8 Å². The van der Waals surface area contributed by atoms with E-state index >= 15 is 0 Å². The summed E-state index contributed by atoms with van der Waals surface area (Å²) >= 11 is 0. The number of carbonyl (C=O) groups excluding carboxylic acids is 1. The van der Waals surface area contributed by atoms with Crippen molar-refractivity contribution < 1.29 is 19.4 Å². The Kier molecular flexibility index (Phi) is 7.03. The van der Waals surface area contributed by atoms with Gasteiger partial charge in [-0.3, -0.25) is 10.1 Å². The normalized spacial score (nSPS) is 15.0. The molecule has 0 radical (unpaired) electrons. The van der Waals surface area contributed by atoms with Crippen LogP contribution in [0.5, 0.6) is 0 Å². The molecule has 0 unspecified atom stereocenters. The fourth-order valence-electron chi connectivity index (χ4n) is 3.03. The van der Waals surface area contributed by atoms with Crippen LogP contribution in [-0.2, 0) is 16.0 Å². The Bertz CT molecular complexity index is 598. The van der Waals surface area contributed by atoms with E-state index in [1.807, 2.05) is 0 Å². The van der Waals surface area contributed by atoms with Crippen LogP contribution >= 0.6 is 0 Å². The topological polar surface area (TPSA) is 101 Å². The number of hydrogen-bond donors (Lipinski definition) is 3. The van der Waals surface area contributed by atoms with Crippen LogP contribution in [0.3, 0.4) is 0 Å². The Morgan fingerprint density at radius 1 is 1.32 bits per heavy atom. The Balaban J connectivity index is 2.04. The second-order valence-electron chi connectivity index (χ2n) is 6.77. The van der Waals surface area contributed by atoms with Gasteiger partial charge in [0, 0.05) is 12.1 Å². The van der Waals surface area contributed by atoms with Crippen LogP contribution in [0.2, 0.25) is 0 Å². The van der Waals surface area contributed by atoms with Crippen molar-refractivity contribution in [2.45, 2.75) is 58.5 Å². The Hall–Kier alpha value is -2.31. The van der Waals surface area contributed by atoms with Gasteiger partial charge in [0.15, 0.2) is 0 Å². The number of amides is 1. The van der Waals surface area contributed by atoms with E-state index in [1.54, 1.807) is 19.9 Å². The molecule has 1 aromatic heterocycles. The molecular formula is C18H27N3O4. The molecular weight excluding hydrogens is 322 g/mol. The van der Waals surface area contributed by atoms with Crippen molar-refractivity contribution in [1.82, 2.24) is 4.98 Å². The molecule has 1 aromatic rings. The highest BCUT2D eigenvalue weighted by molar-refractivity contribution is 5.85. The highest BCUT2D eigenvalue weighted by Gasteiger charge is 2.16. The van der Waals surface area contributed by atoms with E-state index in [4.69, 9.17) is 9.84 Å². The molecule has 25 heavy (non-hydrogen) atoms. The Labute approximate surface area is 148 Å². The molecule has 1 heterocycles. The number of carboxylic acids is 1. The first-order valence-corrected chi connectivity index (χ1v) is 8.86. The average molecular weight is 349 g/mol. The third kappa shape index (κ3) is 6.60. The number of nitrogens with one attached hydrogen (secondary N) is 2. The summed E-state index contributed by atoms with van der Waals surface area (Å²) in [6.07, 6.45) is 6.73. The molecule has 2 rings (SSSR count). The van der Waals surface area contributed by atoms with Gasteiger partial charge in [0.1, 0.15) is 5.82 Å². The van der Waals surface area contributed by atoms with Gasteiger partial charge in [-0.2, -0.15) is 0 Å². The molecule has 7 nitrogen and oxygen atoms in total. The molecule has 0 saturated heterocycles. The first-order valence-electron chi connectivity index (χ1n) is 8.86. The van der Waals surface area contributed by atoms with E-state index in [1.165, 1.54) is 38.3 Å². The maximum atomic E-state index is 11.7. The SMILES string of the molecule is CC(C)OC(=O)Nc1cnc(NCC2CCCCC2)c(CC(=O)O)c1. The summed E-state index contributed by atoms with van der Waals surface area (Å²) in [5.41, 5.74) is 0.968. The number of nitrogens with zero attached hydrogens (tertiary/aromatic N) is 1. The molecule has 1 aliphatic rings. The summed E-state index contributed by atoms with van der Waals surface area (Å²) in [5.74, 6) is 0.229. The number of aliphatic carboxylic acids is 1. The van der Waals surface area contributed by atoms with Gasteiger partial charge in [0.25, 0.3) is 0 Å². The largest absolute Gasteiger partial charge is 0.481 e. The van der Waals surface area contributed by atoms with E-state index in [9.17, 15) is 9.59 Å². The third-order valence-corrected chi connectivity index (χ3v) is 4.18. The maximum absolute atomic E-state index is 11.7. The number of anilines is 2. The highest BCUT2D eigenvalue weighted by atomic mass is 16.6. The number of pyridine rings is 1. The Morgan fingerprint density at radius 2 is 2.04 bits per heavy atom. The van der Waals surface area contributed by atoms with Gasteiger partial charge in [0.05, 0.1) is 24.4 Å². The summed E-state index contributed by atoms with van der Waals surface area (Å²) < 4.78 is 5.02. The minimum atomic E-state index is -0.940. The first-order chi connectivity index (χ1) is 11.9.